The highest BCUT2D eigenvalue weighted by Gasteiger charge is 2.06. The summed E-state index contributed by atoms with van der Waals surface area (Å²) in [5.74, 6) is 0.792. The van der Waals surface area contributed by atoms with Gasteiger partial charge >= 0.3 is 0 Å². The van der Waals surface area contributed by atoms with E-state index >= 15 is 0 Å². The molecule has 0 bridgehead atoms. The molecule has 0 fully saturated rings. The molecule has 0 radical (unpaired) electrons. The van der Waals surface area contributed by atoms with Gasteiger partial charge in [-0.3, -0.25) is 0 Å². The van der Waals surface area contributed by atoms with Crippen LogP contribution in [0.4, 0.5) is 0 Å². The van der Waals surface area contributed by atoms with Crippen LogP contribution < -0.4 is 4.74 Å². The molecule has 0 aliphatic carbocycles. The van der Waals surface area contributed by atoms with E-state index in [1.165, 1.54) is 6.33 Å². The van der Waals surface area contributed by atoms with Crippen molar-refractivity contribution in [1.82, 2.24) is 19.7 Å². The maximum absolute atomic E-state index is 6.04. The number of nitrogens with zero attached hydrogens (tertiary/aromatic N) is 4. The summed E-state index contributed by atoms with van der Waals surface area (Å²) >= 11 is 6.04. The molecule has 0 amide bonds. The van der Waals surface area contributed by atoms with E-state index < -0.39 is 0 Å². The van der Waals surface area contributed by atoms with Gasteiger partial charge in [-0.25, -0.2) is 14.6 Å². The van der Waals surface area contributed by atoms with Crippen molar-refractivity contribution in [3.05, 3.63) is 119 Å². The van der Waals surface area contributed by atoms with Crippen LogP contribution >= 0.6 is 11.6 Å². The second-order valence-electron chi connectivity index (χ2n) is 7.62. The van der Waals surface area contributed by atoms with Crippen LogP contribution in [0.1, 0.15) is 16.8 Å². The predicted molar refractivity (Wildman–Crippen MR) is 132 cm³/mol. The normalized spacial score (nSPS) is 11.6. The van der Waals surface area contributed by atoms with Crippen molar-refractivity contribution in [2.75, 3.05) is 0 Å². The number of hydrogen-bond acceptors (Lipinski definition) is 4. The van der Waals surface area contributed by atoms with Gasteiger partial charge in [0.1, 0.15) is 25.0 Å². The highest BCUT2D eigenvalue weighted by atomic mass is 35.5. The largest absolute Gasteiger partial charge is 0.487 e. The third-order valence-corrected chi connectivity index (χ3v) is 5.53. The molecule has 0 saturated heterocycles. The third-order valence-electron chi connectivity index (χ3n) is 5.28. The molecule has 33 heavy (non-hydrogen) atoms. The van der Waals surface area contributed by atoms with Gasteiger partial charge in [-0.2, -0.15) is 5.10 Å². The van der Waals surface area contributed by atoms with Crippen LogP contribution in [-0.2, 0) is 13.2 Å². The van der Waals surface area contributed by atoms with E-state index in [0.717, 1.165) is 39.0 Å². The van der Waals surface area contributed by atoms with Crippen molar-refractivity contribution in [1.29, 1.82) is 0 Å². The summed E-state index contributed by atoms with van der Waals surface area (Å²) in [7, 11) is 0. The number of allylic oxidation sites excluding steroid dienone is 1. The van der Waals surface area contributed by atoms with Crippen LogP contribution in [0.15, 0.2) is 97.6 Å². The number of hydrogen-bond donors (Lipinski definition) is 0. The van der Waals surface area contributed by atoms with Gasteiger partial charge in [0, 0.05) is 10.4 Å². The number of ether oxygens (including phenoxy) is 1. The van der Waals surface area contributed by atoms with E-state index in [1.807, 2.05) is 60.7 Å². The van der Waals surface area contributed by atoms with E-state index in [4.69, 9.17) is 16.3 Å². The Labute approximate surface area is 197 Å². The van der Waals surface area contributed by atoms with Gasteiger partial charge < -0.3 is 4.74 Å². The van der Waals surface area contributed by atoms with Crippen molar-refractivity contribution in [2.45, 2.75) is 13.2 Å². The van der Waals surface area contributed by atoms with Gasteiger partial charge in [0.2, 0.25) is 0 Å². The van der Waals surface area contributed by atoms with E-state index in [9.17, 15) is 0 Å². The smallest absolute Gasteiger partial charge is 0.137 e. The number of halogens is 1. The van der Waals surface area contributed by atoms with Crippen LogP contribution in [-0.4, -0.2) is 19.7 Å². The molecule has 0 unspecified atom stereocenters. The number of aromatic nitrogens is 4. The Balaban J connectivity index is 1.34. The first-order valence-corrected chi connectivity index (χ1v) is 11.0. The summed E-state index contributed by atoms with van der Waals surface area (Å²) in [4.78, 5) is 8.73. The molecule has 0 saturated carbocycles. The lowest BCUT2D eigenvalue weighted by atomic mass is 10.0. The lowest BCUT2D eigenvalue weighted by Gasteiger charge is -2.11. The topological polar surface area (TPSA) is 52.8 Å². The van der Waals surface area contributed by atoms with E-state index in [-0.39, 0.29) is 0 Å². The Bertz CT molecular complexity index is 1380. The number of benzene rings is 3. The van der Waals surface area contributed by atoms with Crippen molar-refractivity contribution in [3.63, 3.8) is 0 Å². The maximum Gasteiger partial charge on any atom is 0.137 e. The minimum atomic E-state index is 0.413. The molecule has 5 rings (SSSR count). The van der Waals surface area contributed by atoms with E-state index in [0.29, 0.717) is 18.2 Å². The molecule has 2 heterocycles. The third kappa shape index (κ3) is 5.27. The fourth-order valence-corrected chi connectivity index (χ4v) is 3.71. The fourth-order valence-electron chi connectivity index (χ4n) is 3.58. The molecule has 162 valence electrons. The summed E-state index contributed by atoms with van der Waals surface area (Å²) in [6.07, 6.45) is 5.38. The minimum absolute atomic E-state index is 0.413. The van der Waals surface area contributed by atoms with Crippen molar-refractivity contribution in [3.8, 4) is 5.75 Å². The van der Waals surface area contributed by atoms with Crippen LogP contribution in [0, 0.1) is 0 Å². The van der Waals surface area contributed by atoms with Gasteiger partial charge in [0.25, 0.3) is 0 Å². The van der Waals surface area contributed by atoms with Gasteiger partial charge in [-0.1, -0.05) is 60.1 Å². The lowest BCUT2D eigenvalue weighted by Crippen LogP contribution is -2.02. The second-order valence-corrected chi connectivity index (χ2v) is 8.06. The first-order chi connectivity index (χ1) is 16.2. The second kappa shape index (κ2) is 9.67. The number of fused-ring (bicyclic) bond motifs is 1. The molecular formula is C27H21ClN4O. The van der Waals surface area contributed by atoms with E-state index in [2.05, 4.69) is 45.4 Å². The number of pyridine rings is 1. The van der Waals surface area contributed by atoms with Crippen molar-refractivity contribution >= 4 is 34.2 Å². The Morgan fingerprint density at radius 3 is 2.52 bits per heavy atom. The van der Waals surface area contributed by atoms with Gasteiger partial charge in [0.05, 0.1) is 17.8 Å². The molecule has 0 atom stereocenters. The zero-order valence-electron chi connectivity index (χ0n) is 17.8. The Morgan fingerprint density at radius 1 is 0.909 bits per heavy atom. The first-order valence-electron chi connectivity index (χ1n) is 10.6. The summed E-state index contributed by atoms with van der Waals surface area (Å²) in [5, 5.41) is 6.09. The van der Waals surface area contributed by atoms with Crippen molar-refractivity contribution in [2.24, 2.45) is 0 Å². The average Bonchev–Trinajstić information content (AvgIpc) is 3.37. The molecule has 0 aliphatic rings. The van der Waals surface area contributed by atoms with Crippen LogP contribution in [0.2, 0.25) is 5.02 Å². The van der Waals surface area contributed by atoms with Gasteiger partial charge in [-0.15, -0.1) is 0 Å². The Kier molecular flexibility index (Phi) is 6.13. The zero-order valence-corrected chi connectivity index (χ0v) is 18.6. The molecule has 0 spiro atoms. The summed E-state index contributed by atoms with van der Waals surface area (Å²) in [6, 6.07) is 28.0. The van der Waals surface area contributed by atoms with Gasteiger partial charge in [0.15, 0.2) is 0 Å². The molecular weight excluding hydrogens is 432 g/mol. The first kappa shape index (κ1) is 20.9. The van der Waals surface area contributed by atoms with Crippen LogP contribution in [0.5, 0.6) is 5.75 Å². The molecule has 2 aromatic heterocycles. The number of rotatable bonds is 7. The van der Waals surface area contributed by atoms with Crippen LogP contribution in [0.3, 0.4) is 0 Å². The minimum Gasteiger partial charge on any atom is -0.487 e. The quantitative estimate of drug-likeness (QED) is 0.272. The SMILES string of the molecule is Clc1ccc(C=C(Cn2cncn2)c2ccc(OCc3ccc4ccccc4n3)cc2)cc1. The summed E-state index contributed by atoms with van der Waals surface area (Å²) in [6.45, 7) is 1.01. The van der Waals surface area contributed by atoms with Gasteiger partial charge in [-0.05, 0) is 59.2 Å². The van der Waals surface area contributed by atoms with E-state index in [1.54, 1.807) is 11.0 Å². The highest BCUT2D eigenvalue weighted by Crippen LogP contribution is 2.24. The van der Waals surface area contributed by atoms with Crippen molar-refractivity contribution < 1.29 is 4.74 Å². The fraction of sp³-hybridized carbons (Fsp3) is 0.0741. The lowest BCUT2D eigenvalue weighted by molar-refractivity contribution is 0.302. The summed E-state index contributed by atoms with van der Waals surface area (Å²) in [5.41, 5.74) is 5.12. The summed E-state index contributed by atoms with van der Waals surface area (Å²) < 4.78 is 7.79. The predicted octanol–water partition coefficient (Wildman–Crippen LogP) is 6.30. The molecule has 3 aromatic carbocycles. The molecule has 0 N–H and O–H groups in total. The highest BCUT2D eigenvalue weighted by molar-refractivity contribution is 6.30. The maximum atomic E-state index is 6.04. The monoisotopic (exact) mass is 452 g/mol. The molecule has 5 aromatic rings. The Hall–Kier alpha value is -3.96. The standard InChI is InChI=1S/C27H21ClN4O/c28-24-10-5-20(6-11-24)15-23(16-32-19-29-18-30-32)21-8-13-26(14-9-21)33-17-25-12-7-22-3-1-2-4-27(22)31-25/h1-15,18-19H,16-17H2. The molecule has 0 aliphatic heterocycles. The van der Waals surface area contributed by atoms with Crippen LogP contribution in [0.25, 0.3) is 22.6 Å². The average molecular weight is 453 g/mol. The molecule has 6 heteroatoms. The number of para-hydroxylation sites is 1. The molecule has 5 nitrogen and oxygen atoms in total. The Morgan fingerprint density at radius 2 is 1.73 bits per heavy atom. The zero-order chi connectivity index (χ0) is 22.5.